The Hall–Kier alpha value is -0.940. The fourth-order valence-electron chi connectivity index (χ4n) is 2.95. The van der Waals surface area contributed by atoms with E-state index in [0.29, 0.717) is 0 Å². The van der Waals surface area contributed by atoms with Crippen LogP contribution in [0.2, 0.25) is 0 Å². The van der Waals surface area contributed by atoms with Crippen molar-refractivity contribution >= 4 is 11.8 Å². The van der Waals surface area contributed by atoms with Crippen molar-refractivity contribution < 1.29 is 19.4 Å². The molecule has 0 radical (unpaired) electrons. The predicted octanol–water partition coefficient (Wildman–Crippen LogP) is 1.48. The minimum absolute atomic E-state index is 0.0494. The lowest BCUT2D eigenvalue weighted by atomic mass is 9.92. The van der Waals surface area contributed by atoms with Crippen LogP contribution in [0.15, 0.2) is 0 Å². The van der Waals surface area contributed by atoms with Crippen molar-refractivity contribution in [2.75, 3.05) is 13.2 Å². The monoisotopic (exact) mass is 283 g/mol. The van der Waals surface area contributed by atoms with Crippen LogP contribution in [0.1, 0.15) is 52.4 Å². The lowest BCUT2D eigenvalue weighted by Gasteiger charge is -2.25. The lowest BCUT2D eigenvalue weighted by molar-refractivity contribution is -0.143. The SMILES string of the molecule is CC1(C)CC(=O)N(CC(O)COC2CCCCC2)C1=O. The van der Waals surface area contributed by atoms with E-state index in [-0.39, 0.29) is 37.5 Å². The Morgan fingerprint density at radius 2 is 1.95 bits per heavy atom. The topological polar surface area (TPSA) is 66.8 Å². The van der Waals surface area contributed by atoms with Crippen LogP contribution in [0.25, 0.3) is 0 Å². The molecule has 5 heteroatoms. The molecule has 2 fully saturated rings. The number of hydrogen-bond donors (Lipinski definition) is 1. The molecule has 0 bridgehead atoms. The van der Waals surface area contributed by atoms with E-state index in [2.05, 4.69) is 0 Å². The van der Waals surface area contributed by atoms with E-state index in [4.69, 9.17) is 4.74 Å². The van der Waals surface area contributed by atoms with Crippen LogP contribution in [-0.4, -0.2) is 47.2 Å². The Labute approximate surface area is 120 Å². The summed E-state index contributed by atoms with van der Waals surface area (Å²) >= 11 is 0. The standard InChI is InChI=1S/C15H25NO4/c1-15(2)8-13(18)16(14(15)19)9-11(17)10-20-12-6-4-3-5-7-12/h11-12,17H,3-10H2,1-2H3. The highest BCUT2D eigenvalue weighted by molar-refractivity contribution is 6.05. The summed E-state index contributed by atoms with van der Waals surface area (Å²) < 4.78 is 5.68. The third-order valence-electron chi connectivity index (χ3n) is 4.19. The summed E-state index contributed by atoms with van der Waals surface area (Å²) in [5.74, 6) is -0.393. The Bertz CT molecular complexity index is 374. The van der Waals surface area contributed by atoms with Gasteiger partial charge in [0.05, 0.1) is 30.8 Å². The normalized spacial score (nSPS) is 25.2. The average molecular weight is 283 g/mol. The van der Waals surface area contributed by atoms with Crippen molar-refractivity contribution in [3.8, 4) is 0 Å². The maximum atomic E-state index is 12.0. The molecule has 1 atom stereocenters. The van der Waals surface area contributed by atoms with Crippen molar-refractivity contribution in [2.24, 2.45) is 5.41 Å². The van der Waals surface area contributed by atoms with Crippen LogP contribution >= 0.6 is 0 Å². The number of imide groups is 1. The molecule has 2 amide bonds. The summed E-state index contributed by atoms with van der Waals surface area (Å²) in [5.41, 5.74) is -0.638. The molecule has 2 aliphatic rings. The van der Waals surface area contributed by atoms with Gasteiger partial charge in [-0.15, -0.1) is 0 Å². The van der Waals surface area contributed by atoms with Crippen LogP contribution < -0.4 is 0 Å². The van der Waals surface area contributed by atoms with Gasteiger partial charge in [-0.25, -0.2) is 0 Å². The zero-order chi connectivity index (χ0) is 14.8. The van der Waals surface area contributed by atoms with E-state index in [1.54, 1.807) is 13.8 Å². The van der Waals surface area contributed by atoms with Crippen molar-refractivity contribution in [3.63, 3.8) is 0 Å². The number of aliphatic hydroxyl groups is 1. The van der Waals surface area contributed by atoms with Crippen molar-refractivity contribution in [1.82, 2.24) is 4.90 Å². The number of carbonyl (C=O) groups is 2. The molecule has 1 heterocycles. The number of amides is 2. The highest BCUT2D eigenvalue weighted by Crippen LogP contribution is 2.31. The predicted molar refractivity (Wildman–Crippen MR) is 73.9 cm³/mol. The number of likely N-dealkylation sites (tertiary alicyclic amines) is 1. The maximum Gasteiger partial charge on any atom is 0.235 e. The number of carbonyl (C=O) groups excluding carboxylic acids is 2. The van der Waals surface area contributed by atoms with Crippen molar-refractivity contribution in [1.29, 1.82) is 0 Å². The number of nitrogens with zero attached hydrogens (tertiary/aromatic N) is 1. The summed E-state index contributed by atoms with van der Waals surface area (Å²) in [6.45, 7) is 3.77. The Kier molecular flexibility index (Phi) is 4.81. The van der Waals surface area contributed by atoms with Crippen LogP contribution in [0.4, 0.5) is 0 Å². The van der Waals surface area contributed by atoms with Gasteiger partial charge in [0, 0.05) is 6.42 Å². The van der Waals surface area contributed by atoms with Gasteiger partial charge in [0.2, 0.25) is 11.8 Å². The highest BCUT2D eigenvalue weighted by Gasteiger charge is 2.45. The quantitative estimate of drug-likeness (QED) is 0.776. The van der Waals surface area contributed by atoms with Crippen LogP contribution in [-0.2, 0) is 14.3 Å². The third-order valence-corrected chi connectivity index (χ3v) is 4.19. The van der Waals surface area contributed by atoms with Gasteiger partial charge >= 0.3 is 0 Å². The average Bonchev–Trinajstić information content (AvgIpc) is 2.60. The van der Waals surface area contributed by atoms with Crippen LogP contribution in [0, 0.1) is 5.41 Å². The number of β-amino-alcohol motifs (C(OH)–C–C–N with tert-alkyl or cyclic N) is 1. The third kappa shape index (κ3) is 3.58. The van der Waals surface area contributed by atoms with E-state index in [9.17, 15) is 14.7 Å². The number of aliphatic hydroxyl groups excluding tert-OH is 1. The first-order chi connectivity index (χ1) is 9.40. The molecule has 114 valence electrons. The molecular weight excluding hydrogens is 258 g/mol. The number of hydrogen-bond acceptors (Lipinski definition) is 4. The fraction of sp³-hybridized carbons (Fsp3) is 0.867. The molecule has 1 saturated heterocycles. The highest BCUT2D eigenvalue weighted by atomic mass is 16.5. The van der Waals surface area contributed by atoms with E-state index in [1.807, 2.05) is 0 Å². The molecule has 0 spiro atoms. The summed E-state index contributed by atoms with van der Waals surface area (Å²) in [7, 11) is 0. The molecule has 0 aromatic carbocycles. The molecule has 1 unspecified atom stereocenters. The second-order valence-corrected chi connectivity index (χ2v) is 6.62. The number of rotatable bonds is 5. The van der Waals surface area contributed by atoms with E-state index in [0.717, 1.165) is 12.8 Å². The molecule has 1 saturated carbocycles. The van der Waals surface area contributed by atoms with Gasteiger partial charge < -0.3 is 9.84 Å². The molecule has 1 N–H and O–H groups in total. The first-order valence-corrected chi connectivity index (χ1v) is 7.54. The molecule has 0 aromatic heterocycles. The van der Waals surface area contributed by atoms with Gasteiger partial charge in [0.15, 0.2) is 0 Å². The molecule has 2 rings (SSSR count). The Balaban J connectivity index is 1.78. The van der Waals surface area contributed by atoms with Gasteiger partial charge in [0.1, 0.15) is 0 Å². The zero-order valence-corrected chi connectivity index (χ0v) is 12.4. The molecule has 0 aromatic rings. The second-order valence-electron chi connectivity index (χ2n) is 6.62. The summed E-state index contributed by atoms with van der Waals surface area (Å²) in [4.78, 5) is 25.0. The lowest BCUT2D eigenvalue weighted by Crippen LogP contribution is -2.40. The molecule has 20 heavy (non-hydrogen) atoms. The second kappa shape index (κ2) is 6.22. The van der Waals surface area contributed by atoms with Gasteiger partial charge in [0.25, 0.3) is 0 Å². The minimum atomic E-state index is -0.793. The van der Waals surface area contributed by atoms with E-state index in [1.165, 1.54) is 24.2 Å². The van der Waals surface area contributed by atoms with E-state index < -0.39 is 11.5 Å². The van der Waals surface area contributed by atoms with Crippen LogP contribution in [0.5, 0.6) is 0 Å². The smallest absolute Gasteiger partial charge is 0.235 e. The van der Waals surface area contributed by atoms with Gasteiger partial charge in [-0.05, 0) is 12.8 Å². The largest absolute Gasteiger partial charge is 0.389 e. The van der Waals surface area contributed by atoms with Gasteiger partial charge in [-0.2, -0.15) is 0 Å². The molecule has 5 nitrogen and oxygen atoms in total. The maximum absolute atomic E-state index is 12.0. The zero-order valence-electron chi connectivity index (χ0n) is 12.4. The first kappa shape index (κ1) is 15.4. The van der Waals surface area contributed by atoms with Gasteiger partial charge in [-0.3, -0.25) is 14.5 Å². The number of ether oxygens (including phenoxy) is 1. The fourth-order valence-corrected chi connectivity index (χ4v) is 2.95. The minimum Gasteiger partial charge on any atom is -0.389 e. The molecule has 1 aliphatic heterocycles. The Morgan fingerprint density at radius 1 is 1.30 bits per heavy atom. The van der Waals surface area contributed by atoms with Crippen molar-refractivity contribution in [3.05, 3.63) is 0 Å². The van der Waals surface area contributed by atoms with Crippen LogP contribution in [0.3, 0.4) is 0 Å². The van der Waals surface area contributed by atoms with Crippen molar-refractivity contribution in [2.45, 2.75) is 64.6 Å². The first-order valence-electron chi connectivity index (χ1n) is 7.54. The van der Waals surface area contributed by atoms with E-state index >= 15 is 0 Å². The van der Waals surface area contributed by atoms with Gasteiger partial charge in [-0.1, -0.05) is 33.1 Å². The summed E-state index contributed by atoms with van der Waals surface area (Å²) in [5, 5.41) is 9.97. The summed E-state index contributed by atoms with van der Waals surface area (Å²) in [6.07, 6.45) is 5.35. The molecular formula is C15H25NO4. The molecule has 1 aliphatic carbocycles. The Morgan fingerprint density at radius 3 is 2.50 bits per heavy atom. The summed E-state index contributed by atoms with van der Waals surface area (Å²) in [6, 6.07) is 0.